The summed E-state index contributed by atoms with van der Waals surface area (Å²) in [5.74, 6) is -7.08. The molecule has 67 heavy (non-hydrogen) atoms. The summed E-state index contributed by atoms with van der Waals surface area (Å²) < 4.78 is 37.8. The minimum Gasteiger partial charge on any atom is -0.481 e. The molecule has 12 bridgehead atoms. The molecule has 15 nitrogen and oxygen atoms in total. The maximum Gasteiger partial charge on any atom is 0.317 e. The van der Waals surface area contributed by atoms with Gasteiger partial charge in [-0.25, -0.2) is 0 Å². The summed E-state index contributed by atoms with van der Waals surface area (Å²) in [6.45, 7) is 9.39. The molecule has 13 rings (SSSR count). The molecule has 13 aliphatic rings. The van der Waals surface area contributed by atoms with Crippen molar-refractivity contribution in [1.29, 1.82) is 0 Å². The van der Waals surface area contributed by atoms with Crippen LogP contribution in [0.5, 0.6) is 0 Å². The molecule has 7 aliphatic heterocycles. The van der Waals surface area contributed by atoms with Crippen LogP contribution in [0.4, 0.5) is 0 Å². The lowest BCUT2D eigenvalue weighted by Gasteiger charge is -2.41. The minimum absolute atomic E-state index is 0.000226. The van der Waals surface area contributed by atoms with Crippen molar-refractivity contribution >= 4 is 35.8 Å². The monoisotopic (exact) mass is 926 g/mol. The van der Waals surface area contributed by atoms with Crippen LogP contribution in [0, 0.1) is 107 Å². The highest BCUT2D eigenvalue weighted by Crippen LogP contribution is 2.72. The van der Waals surface area contributed by atoms with Gasteiger partial charge in [-0.1, -0.05) is 6.92 Å². The van der Waals surface area contributed by atoms with Crippen LogP contribution in [0.3, 0.4) is 0 Å². The van der Waals surface area contributed by atoms with Gasteiger partial charge in [-0.2, -0.15) is 0 Å². The molecule has 4 saturated heterocycles. The number of hydrogen-bond donors (Lipinski definition) is 3. The quantitative estimate of drug-likeness (QED) is 0.105. The lowest BCUT2D eigenvalue weighted by atomic mass is 9.60. The zero-order valence-corrected chi connectivity index (χ0v) is 38.7. The van der Waals surface area contributed by atoms with Crippen LogP contribution in [0.1, 0.15) is 86.0 Å². The van der Waals surface area contributed by atoms with Crippen molar-refractivity contribution in [3.05, 3.63) is 33.4 Å². The fourth-order valence-corrected chi connectivity index (χ4v) is 18.6. The van der Waals surface area contributed by atoms with Crippen LogP contribution in [-0.4, -0.2) is 107 Å². The zero-order chi connectivity index (χ0) is 46.6. The van der Waals surface area contributed by atoms with Crippen LogP contribution < -0.4 is 0 Å². The second-order valence-corrected chi connectivity index (χ2v) is 24.1. The van der Waals surface area contributed by atoms with Gasteiger partial charge in [-0.3, -0.25) is 28.8 Å². The lowest BCUT2D eigenvalue weighted by Crippen LogP contribution is -2.47. The SMILES string of the molecule is CC1=C(CC2=C(CC3=C(CC4C(=O)OC(=O)C4C)C4OC3C3C5CC(C(C(=O)O)C5C(=O)O)C43)C3OC2C2C4CC(C(=O)OCCO)C(C4)C32)C2OC1C1C3CC(C(=O)OC(C)(C)C)C(C3)C21. The zero-order valence-electron chi connectivity index (χ0n) is 38.7. The molecule has 0 spiro atoms. The predicted octanol–water partition coefficient (Wildman–Crippen LogP) is 4.68. The van der Waals surface area contributed by atoms with Crippen molar-refractivity contribution in [3.63, 3.8) is 0 Å². The maximum atomic E-state index is 13.6. The molecule has 7 heterocycles. The molecule has 10 fully saturated rings. The van der Waals surface area contributed by atoms with Gasteiger partial charge in [0.15, 0.2) is 0 Å². The molecule has 0 amide bonds. The van der Waals surface area contributed by atoms with E-state index in [4.69, 9.17) is 28.4 Å². The largest absolute Gasteiger partial charge is 0.481 e. The predicted molar refractivity (Wildman–Crippen MR) is 228 cm³/mol. The number of fused-ring (bicyclic) bond motifs is 27. The Labute approximate surface area is 388 Å². The first-order chi connectivity index (χ1) is 31.9. The summed E-state index contributed by atoms with van der Waals surface area (Å²) in [4.78, 5) is 78.8. The normalized spacial score (nSPS) is 49.5. The third kappa shape index (κ3) is 5.77. The van der Waals surface area contributed by atoms with Gasteiger partial charge in [0, 0.05) is 0 Å². The Bertz CT molecular complexity index is 2390. The Kier molecular flexibility index (Phi) is 9.38. The van der Waals surface area contributed by atoms with E-state index in [2.05, 4.69) is 6.92 Å². The molecular weight excluding hydrogens is 865 g/mol. The topological polar surface area (TPSA) is 218 Å². The third-order valence-electron chi connectivity index (χ3n) is 20.6. The van der Waals surface area contributed by atoms with Crippen molar-refractivity contribution in [2.24, 2.45) is 107 Å². The Morgan fingerprint density at radius 1 is 0.612 bits per heavy atom. The third-order valence-corrected chi connectivity index (χ3v) is 20.6. The highest BCUT2D eigenvalue weighted by Gasteiger charge is 2.73. The summed E-state index contributed by atoms with van der Waals surface area (Å²) in [7, 11) is 0. The molecule has 0 aromatic carbocycles. The molecule has 0 aromatic heterocycles. The lowest BCUT2D eigenvalue weighted by molar-refractivity contribution is -0.163. The number of cyclic esters (lactones) is 2. The molecular formula is C52H62O15. The van der Waals surface area contributed by atoms with E-state index >= 15 is 0 Å². The van der Waals surface area contributed by atoms with E-state index in [1.165, 1.54) is 16.7 Å². The number of aliphatic carboxylic acids is 2. The summed E-state index contributed by atoms with van der Waals surface area (Å²) in [6.07, 6.45) is 3.65. The van der Waals surface area contributed by atoms with E-state index in [9.17, 15) is 44.1 Å². The van der Waals surface area contributed by atoms with Gasteiger partial charge < -0.3 is 43.7 Å². The number of carboxylic acids is 2. The van der Waals surface area contributed by atoms with Crippen molar-refractivity contribution in [2.45, 2.75) is 128 Å². The molecule has 15 heteroatoms. The van der Waals surface area contributed by atoms with Crippen molar-refractivity contribution in [2.75, 3.05) is 13.2 Å². The fourth-order valence-electron chi connectivity index (χ4n) is 18.6. The van der Waals surface area contributed by atoms with E-state index in [0.717, 1.165) is 36.0 Å². The van der Waals surface area contributed by atoms with E-state index in [-0.39, 0.29) is 121 Å². The Morgan fingerprint density at radius 3 is 1.63 bits per heavy atom. The van der Waals surface area contributed by atoms with Crippen LogP contribution in [-0.2, 0) is 57.2 Å². The summed E-state index contributed by atoms with van der Waals surface area (Å²) in [5.41, 5.74) is 6.23. The first-order valence-electron chi connectivity index (χ1n) is 25.3. The number of carboxylic acid groups (broad SMARTS) is 2. The van der Waals surface area contributed by atoms with Crippen molar-refractivity contribution in [3.8, 4) is 0 Å². The second kappa shape index (κ2) is 14.6. The first kappa shape index (κ1) is 43.1. The standard InChI is InChI=1S/C52H62O15/c1-16-20(41-34-23-8-18(32(34)40(16)63-41)11-29(23)51(61)67-52(3,4)5)12-24-26(43-35-22-9-19(33(35)42(24)64-43)10-28(22)49(59)62-7-6-53)14-27-25(13-21-17(2)48(58)66-50(21)60)44-36-30-15-31(37(36)45(27)65-44)39(47(56)57)38(30)46(54)55/h17-19,21-23,28-45,53H,6-15H2,1-5H3,(H,54,55)(H,56,57). The van der Waals surface area contributed by atoms with Crippen molar-refractivity contribution in [1.82, 2.24) is 0 Å². The molecule has 6 saturated carbocycles. The van der Waals surface area contributed by atoms with Gasteiger partial charge in [0.25, 0.3) is 0 Å². The number of hydrogen-bond acceptors (Lipinski definition) is 13. The van der Waals surface area contributed by atoms with E-state index in [0.29, 0.717) is 37.5 Å². The molecule has 6 aliphatic carbocycles. The van der Waals surface area contributed by atoms with Crippen LogP contribution >= 0.6 is 0 Å². The van der Waals surface area contributed by atoms with Gasteiger partial charge in [0.05, 0.1) is 78.7 Å². The number of ether oxygens (including phenoxy) is 6. The summed E-state index contributed by atoms with van der Waals surface area (Å²) in [6, 6.07) is 0. The number of aliphatic hydroxyl groups is 1. The highest BCUT2D eigenvalue weighted by atomic mass is 16.6. The van der Waals surface area contributed by atoms with Gasteiger partial charge in [0.2, 0.25) is 0 Å². The van der Waals surface area contributed by atoms with Gasteiger partial charge in [-0.15, -0.1) is 0 Å². The van der Waals surface area contributed by atoms with Gasteiger partial charge in [0.1, 0.15) is 12.2 Å². The molecule has 0 radical (unpaired) electrons. The Morgan fingerprint density at radius 2 is 1.09 bits per heavy atom. The number of carbonyl (C=O) groups excluding carboxylic acids is 4. The Hall–Kier alpha value is -3.92. The maximum absolute atomic E-state index is 13.6. The molecule has 3 N–H and O–H groups in total. The molecule has 360 valence electrons. The van der Waals surface area contributed by atoms with Crippen LogP contribution in [0.2, 0.25) is 0 Å². The van der Waals surface area contributed by atoms with Gasteiger partial charge >= 0.3 is 35.8 Å². The summed E-state index contributed by atoms with van der Waals surface area (Å²) in [5, 5.41) is 30.4. The van der Waals surface area contributed by atoms with E-state index in [1.807, 2.05) is 20.8 Å². The highest BCUT2D eigenvalue weighted by molar-refractivity contribution is 5.96. The smallest absolute Gasteiger partial charge is 0.317 e. The van der Waals surface area contributed by atoms with Crippen molar-refractivity contribution < 1.29 is 72.5 Å². The van der Waals surface area contributed by atoms with Crippen LogP contribution in [0.15, 0.2) is 33.4 Å². The average Bonchev–Trinajstić information content (AvgIpc) is 4.10. The van der Waals surface area contributed by atoms with E-state index < -0.39 is 71.3 Å². The molecule has 0 aromatic rings. The van der Waals surface area contributed by atoms with Crippen LogP contribution in [0.25, 0.3) is 0 Å². The Balaban J connectivity index is 0.888. The fraction of sp³-hybridized carbons (Fsp3) is 0.769. The molecule has 24 atom stereocenters. The number of esters is 4. The van der Waals surface area contributed by atoms with Gasteiger partial charge in [-0.05, 0) is 184 Å². The average molecular weight is 927 g/mol. The second-order valence-electron chi connectivity index (χ2n) is 24.1. The number of rotatable bonds is 12. The molecule has 24 unspecified atom stereocenters. The summed E-state index contributed by atoms with van der Waals surface area (Å²) >= 11 is 0. The number of carbonyl (C=O) groups is 6. The first-order valence-corrected chi connectivity index (χ1v) is 25.3. The number of aliphatic hydroxyl groups excluding tert-OH is 1. The minimum atomic E-state index is -1.11. The van der Waals surface area contributed by atoms with E-state index in [1.54, 1.807) is 6.92 Å².